The van der Waals surface area contributed by atoms with E-state index in [0.29, 0.717) is 6.54 Å². The zero-order valence-electron chi connectivity index (χ0n) is 25.2. The minimum atomic E-state index is -4.14. The Morgan fingerprint density at radius 1 is 0.750 bits per heavy atom. The number of carbonyl (C=O) groups is 1. The third kappa shape index (κ3) is 5.83. The molecule has 12 heteroatoms. The number of anilines is 2. The van der Waals surface area contributed by atoms with Crippen molar-refractivity contribution in [3.05, 3.63) is 94.5 Å². The Labute approximate surface area is 258 Å². The Balaban J connectivity index is 1.50. The van der Waals surface area contributed by atoms with Crippen LogP contribution in [0.3, 0.4) is 0 Å². The molecule has 0 bridgehead atoms. The average Bonchev–Trinajstić information content (AvgIpc) is 3.27. The number of benzene rings is 2. The minimum absolute atomic E-state index is 0.0794. The third-order valence-corrected chi connectivity index (χ3v) is 10.5. The topological polar surface area (TPSA) is 153 Å². The van der Waals surface area contributed by atoms with Gasteiger partial charge in [-0.3, -0.25) is 13.9 Å². The molecule has 1 aliphatic carbocycles. The second-order valence-electron chi connectivity index (χ2n) is 12.6. The highest BCUT2D eigenvalue weighted by Gasteiger charge is 2.46. The van der Waals surface area contributed by atoms with E-state index in [0.717, 1.165) is 33.9 Å². The lowest BCUT2D eigenvalue weighted by Gasteiger charge is -2.32. The highest BCUT2D eigenvalue weighted by molar-refractivity contribution is 7.86. The molecule has 3 N–H and O–H groups in total. The van der Waals surface area contributed by atoms with Gasteiger partial charge in [-0.1, -0.05) is 64.1 Å². The van der Waals surface area contributed by atoms with Crippen molar-refractivity contribution in [3.63, 3.8) is 0 Å². The van der Waals surface area contributed by atoms with Gasteiger partial charge in [0.1, 0.15) is 11.7 Å². The van der Waals surface area contributed by atoms with Gasteiger partial charge in [-0.2, -0.15) is 16.8 Å². The number of allylic oxidation sites excluding steroid dienone is 5. The Bertz CT molecular complexity index is 1820. The van der Waals surface area contributed by atoms with Gasteiger partial charge in [0.05, 0.1) is 17.1 Å². The Morgan fingerprint density at radius 2 is 1.18 bits per heavy atom. The molecule has 0 saturated carbocycles. The second kappa shape index (κ2) is 11.2. The van der Waals surface area contributed by atoms with E-state index >= 15 is 0 Å². The number of rotatable bonds is 10. The highest BCUT2D eigenvalue weighted by atomic mass is 32.2. The van der Waals surface area contributed by atoms with E-state index in [9.17, 15) is 35.8 Å². The van der Waals surface area contributed by atoms with Crippen molar-refractivity contribution in [3.8, 4) is 0 Å². The number of ketones is 1. The van der Waals surface area contributed by atoms with Gasteiger partial charge in [-0.15, -0.1) is 0 Å². The number of nitrogens with zero attached hydrogens (tertiary/aromatic N) is 2. The Morgan fingerprint density at radius 3 is 1.64 bits per heavy atom. The quantitative estimate of drug-likeness (QED) is 0.305. The zero-order valence-corrected chi connectivity index (χ0v) is 26.8. The van der Waals surface area contributed by atoms with Gasteiger partial charge in [0.2, 0.25) is 0 Å². The number of Topliss-reactive ketones (excluding diaryl/α,β-unsaturated/α-hetero) is 1. The van der Waals surface area contributed by atoms with Crippen LogP contribution in [0.4, 0.5) is 11.4 Å². The van der Waals surface area contributed by atoms with Gasteiger partial charge in [0, 0.05) is 46.7 Å². The van der Waals surface area contributed by atoms with E-state index in [1.807, 2.05) is 86.0 Å². The van der Waals surface area contributed by atoms with E-state index in [2.05, 4.69) is 0 Å². The van der Waals surface area contributed by atoms with Crippen LogP contribution >= 0.6 is 0 Å². The summed E-state index contributed by atoms with van der Waals surface area (Å²) in [7, 11) is -8.28. The maximum atomic E-state index is 13.7. The van der Waals surface area contributed by atoms with Crippen LogP contribution in [0.25, 0.3) is 0 Å². The molecule has 0 fully saturated rings. The molecule has 0 amide bonds. The molecule has 2 heterocycles. The van der Waals surface area contributed by atoms with Crippen molar-refractivity contribution in [1.29, 1.82) is 0 Å². The fourth-order valence-corrected chi connectivity index (χ4v) is 7.62. The Kier molecular flexibility index (Phi) is 8.11. The minimum Gasteiger partial charge on any atom is -0.510 e. The van der Waals surface area contributed by atoms with Crippen LogP contribution < -0.4 is 9.80 Å². The summed E-state index contributed by atoms with van der Waals surface area (Å²) in [6.45, 7) is 8.60. The summed E-state index contributed by atoms with van der Waals surface area (Å²) in [6, 6.07) is 15.4. The van der Waals surface area contributed by atoms with Crippen molar-refractivity contribution >= 4 is 37.4 Å². The average molecular weight is 643 g/mol. The molecule has 0 spiro atoms. The molecule has 2 aromatic carbocycles. The lowest BCUT2D eigenvalue weighted by molar-refractivity contribution is -0.120. The molecule has 44 heavy (non-hydrogen) atoms. The third-order valence-electron chi connectivity index (χ3n) is 8.89. The first kappa shape index (κ1) is 32.0. The van der Waals surface area contributed by atoms with Gasteiger partial charge < -0.3 is 14.9 Å². The van der Waals surface area contributed by atoms with E-state index in [1.165, 1.54) is 0 Å². The summed E-state index contributed by atoms with van der Waals surface area (Å²) in [5.74, 6) is -2.04. The zero-order chi connectivity index (χ0) is 32.2. The van der Waals surface area contributed by atoms with Gasteiger partial charge in [-0.05, 0) is 48.3 Å². The summed E-state index contributed by atoms with van der Waals surface area (Å²) < 4.78 is 64.1. The first-order chi connectivity index (χ1) is 20.4. The van der Waals surface area contributed by atoms with E-state index in [4.69, 9.17) is 0 Å². The van der Waals surface area contributed by atoms with Gasteiger partial charge in [-0.25, -0.2) is 0 Å². The lowest BCUT2D eigenvalue weighted by Crippen LogP contribution is -2.35. The molecule has 5 rings (SSSR count). The molecule has 2 aromatic rings. The number of hydrogen-bond acceptors (Lipinski definition) is 8. The van der Waals surface area contributed by atoms with E-state index in [-0.39, 0.29) is 36.5 Å². The fourth-order valence-electron chi connectivity index (χ4n) is 6.64. The van der Waals surface area contributed by atoms with Crippen LogP contribution in [0, 0.1) is 5.92 Å². The monoisotopic (exact) mass is 642 g/mol. The molecule has 0 saturated heterocycles. The maximum Gasteiger partial charge on any atom is 0.264 e. The summed E-state index contributed by atoms with van der Waals surface area (Å²) in [5.41, 5.74) is 4.32. The van der Waals surface area contributed by atoms with Crippen LogP contribution in [0.2, 0.25) is 0 Å². The number of hydrogen-bond donors (Lipinski definition) is 3. The normalized spacial score (nSPS) is 22.5. The van der Waals surface area contributed by atoms with Crippen molar-refractivity contribution < 1.29 is 35.8 Å². The van der Waals surface area contributed by atoms with Crippen molar-refractivity contribution in [2.75, 3.05) is 34.4 Å². The number of aliphatic hydroxyl groups excluding tert-OH is 1. The smallest absolute Gasteiger partial charge is 0.264 e. The molecular formula is C32H38N2O8S2. The molecule has 10 nitrogen and oxygen atoms in total. The van der Waals surface area contributed by atoms with Crippen LogP contribution in [-0.4, -0.2) is 61.4 Å². The van der Waals surface area contributed by atoms with Crippen LogP contribution in [-0.2, 0) is 35.9 Å². The predicted octanol–water partition coefficient (Wildman–Crippen LogP) is 4.92. The number of aliphatic hydroxyl groups is 1. The van der Waals surface area contributed by atoms with Crippen LogP contribution in [0.5, 0.6) is 0 Å². The second-order valence-corrected chi connectivity index (χ2v) is 15.7. The highest BCUT2D eigenvalue weighted by Crippen LogP contribution is 2.51. The van der Waals surface area contributed by atoms with Gasteiger partial charge in [0.15, 0.2) is 5.78 Å². The first-order valence-electron chi connectivity index (χ1n) is 14.5. The van der Waals surface area contributed by atoms with Crippen molar-refractivity contribution in [1.82, 2.24) is 0 Å². The van der Waals surface area contributed by atoms with Crippen molar-refractivity contribution in [2.45, 2.75) is 51.4 Å². The molecule has 3 aliphatic rings. The SMILES string of the molecule is CC1(C)/C(=C/C2C(=O)C(/C=C3/N(CCCS(=O)(=O)O)c4ccccc4C3(C)C)=C2O)N(CCCS(=O)(=O)O)c2ccccc21. The number of fused-ring (bicyclic) bond motifs is 2. The molecular weight excluding hydrogens is 604 g/mol. The number of carbonyl (C=O) groups excluding carboxylic acids is 1. The summed E-state index contributed by atoms with van der Waals surface area (Å²) in [4.78, 5) is 17.5. The van der Waals surface area contributed by atoms with Crippen LogP contribution in [0.15, 0.2) is 83.4 Å². The van der Waals surface area contributed by atoms with Gasteiger partial charge >= 0.3 is 0 Å². The summed E-state index contributed by atoms with van der Waals surface area (Å²) in [6.07, 6.45) is 3.75. The maximum absolute atomic E-state index is 13.7. The van der Waals surface area contributed by atoms with Crippen molar-refractivity contribution in [2.24, 2.45) is 5.92 Å². The molecule has 1 atom stereocenters. The predicted molar refractivity (Wildman–Crippen MR) is 170 cm³/mol. The van der Waals surface area contributed by atoms with Gasteiger partial charge in [0.25, 0.3) is 20.2 Å². The molecule has 2 aliphatic heterocycles. The Hall–Kier alpha value is -3.45. The molecule has 0 radical (unpaired) electrons. The summed E-state index contributed by atoms with van der Waals surface area (Å²) in [5, 5.41) is 11.3. The van der Waals surface area contributed by atoms with E-state index in [1.54, 1.807) is 12.2 Å². The number of para-hydroxylation sites is 2. The molecule has 236 valence electrons. The largest absolute Gasteiger partial charge is 0.510 e. The van der Waals surface area contributed by atoms with Crippen LogP contribution in [0.1, 0.15) is 51.7 Å². The standard InChI is InChI=1S/C32H38N2O8S2/c1-31(2)23-11-5-7-13-25(23)33(15-9-17-43(37,38)39)27(31)19-21-29(35)22(30(21)36)20-28-32(3,4)24-12-6-8-14-26(24)34(28)16-10-18-44(40,41)42/h5-8,11-14,19-21,35H,9-10,15-18H2,1-4H3,(H,37,38,39)(H,40,41,42)/b27-19-,28-20+. The fraction of sp³-hybridized carbons (Fsp3) is 0.406. The van der Waals surface area contributed by atoms with E-state index < -0.39 is 48.5 Å². The first-order valence-corrected chi connectivity index (χ1v) is 17.7. The lowest BCUT2D eigenvalue weighted by atomic mass is 9.76. The molecule has 1 unspecified atom stereocenters. The summed E-state index contributed by atoms with van der Waals surface area (Å²) >= 11 is 0. The molecule has 0 aromatic heterocycles.